The molecule has 0 aliphatic rings. The fraction of sp³-hybridized carbons (Fsp3) is 0.158. The van der Waals surface area contributed by atoms with E-state index in [-0.39, 0.29) is 10.6 Å². The largest absolute Gasteiger partial charge is 0.495 e. The number of methoxy groups -OCH3 is 1. The number of para-hydroxylation sites is 2. The van der Waals surface area contributed by atoms with Crippen molar-refractivity contribution >= 4 is 27.3 Å². The number of hydrogen-bond donors (Lipinski definition) is 2. The number of nitrogens with one attached hydrogen (secondary N) is 2. The highest BCUT2D eigenvalue weighted by Crippen LogP contribution is 2.28. The topological polar surface area (TPSA) is 111 Å². The molecule has 0 fully saturated rings. The summed E-state index contributed by atoms with van der Waals surface area (Å²) in [5.41, 5.74) is 1.26. The number of aromatic nitrogens is 1. The number of rotatable bonds is 6. The third-order valence-corrected chi connectivity index (χ3v) is 5.45. The van der Waals surface area contributed by atoms with Crippen molar-refractivity contribution in [2.45, 2.75) is 18.7 Å². The fourth-order valence-corrected chi connectivity index (χ4v) is 3.91. The number of sulfonamides is 1. The first kappa shape index (κ1) is 19.4. The van der Waals surface area contributed by atoms with Gasteiger partial charge in [0.2, 0.25) is 0 Å². The van der Waals surface area contributed by atoms with Gasteiger partial charge >= 0.3 is 0 Å². The van der Waals surface area contributed by atoms with Crippen LogP contribution in [0.1, 0.15) is 21.8 Å². The summed E-state index contributed by atoms with van der Waals surface area (Å²) in [5.74, 6) is 0.398. The van der Waals surface area contributed by atoms with E-state index >= 15 is 0 Å². The van der Waals surface area contributed by atoms with Crippen molar-refractivity contribution in [3.05, 3.63) is 65.5 Å². The second kappa shape index (κ2) is 7.73. The molecule has 0 atom stereocenters. The predicted molar refractivity (Wildman–Crippen MR) is 104 cm³/mol. The van der Waals surface area contributed by atoms with Gasteiger partial charge in [0.1, 0.15) is 11.5 Å². The maximum atomic E-state index is 12.9. The molecular formula is C19H19N3O5S. The third kappa shape index (κ3) is 4.15. The summed E-state index contributed by atoms with van der Waals surface area (Å²) < 4.78 is 38.4. The van der Waals surface area contributed by atoms with Crippen molar-refractivity contribution in [2.75, 3.05) is 17.1 Å². The van der Waals surface area contributed by atoms with Crippen molar-refractivity contribution < 1.29 is 22.5 Å². The minimum Gasteiger partial charge on any atom is -0.495 e. The Morgan fingerprint density at radius 1 is 1.11 bits per heavy atom. The number of carbonyl (C=O) groups is 1. The molecule has 0 bridgehead atoms. The Labute approximate surface area is 162 Å². The summed E-state index contributed by atoms with van der Waals surface area (Å²) in [6.07, 6.45) is 0. The van der Waals surface area contributed by atoms with E-state index in [9.17, 15) is 13.2 Å². The Balaban J connectivity index is 1.89. The molecule has 0 saturated heterocycles. The highest BCUT2D eigenvalue weighted by Gasteiger charge is 2.20. The van der Waals surface area contributed by atoms with Crippen molar-refractivity contribution in [3.8, 4) is 5.75 Å². The smallest absolute Gasteiger partial charge is 0.277 e. The molecule has 0 spiro atoms. The van der Waals surface area contributed by atoms with Crippen molar-refractivity contribution in [1.82, 2.24) is 5.16 Å². The molecule has 0 aliphatic carbocycles. The second-order valence-electron chi connectivity index (χ2n) is 6.06. The second-order valence-corrected chi connectivity index (χ2v) is 7.71. The van der Waals surface area contributed by atoms with E-state index in [0.29, 0.717) is 28.4 Å². The summed E-state index contributed by atoms with van der Waals surface area (Å²) >= 11 is 0. The Bertz CT molecular complexity index is 1120. The van der Waals surface area contributed by atoms with Crippen LogP contribution in [0.2, 0.25) is 0 Å². The van der Waals surface area contributed by atoms with E-state index in [1.165, 1.54) is 19.2 Å². The highest BCUT2D eigenvalue weighted by molar-refractivity contribution is 7.92. The number of amides is 1. The van der Waals surface area contributed by atoms with Gasteiger partial charge in [0, 0.05) is 11.8 Å². The molecule has 9 heteroatoms. The molecule has 2 aromatic carbocycles. The lowest BCUT2D eigenvalue weighted by atomic mass is 10.2. The monoisotopic (exact) mass is 401 g/mol. The molecule has 0 aliphatic heterocycles. The number of anilines is 2. The number of aryl methyl sites for hydroxylation is 2. The van der Waals surface area contributed by atoms with Crippen LogP contribution in [0.25, 0.3) is 0 Å². The van der Waals surface area contributed by atoms with Crippen LogP contribution < -0.4 is 14.8 Å². The molecule has 1 amide bonds. The standard InChI is InChI=1S/C19H19N3O5S/c1-12-8-9-14(20-19(23)16-10-13(2)27-21-16)11-18(12)28(24,25)22-15-6-4-5-7-17(15)26-3/h4-11,22H,1-3H3,(H,20,23). The first-order valence-corrected chi connectivity index (χ1v) is 9.79. The highest BCUT2D eigenvalue weighted by atomic mass is 32.2. The number of benzene rings is 2. The zero-order chi connectivity index (χ0) is 20.3. The molecule has 146 valence electrons. The summed E-state index contributed by atoms with van der Waals surface area (Å²) in [5, 5.41) is 6.26. The number of ether oxygens (including phenoxy) is 1. The molecular weight excluding hydrogens is 382 g/mol. The van der Waals surface area contributed by atoms with Crippen LogP contribution in [-0.2, 0) is 10.0 Å². The molecule has 3 aromatic rings. The molecule has 0 unspecified atom stereocenters. The molecule has 0 radical (unpaired) electrons. The van der Waals surface area contributed by atoms with Crippen molar-refractivity contribution in [3.63, 3.8) is 0 Å². The number of hydrogen-bond acceptors (Lipinski definition) is 6. The molecule has 1 heterocycles. The van der Waals surface area contributed by atoms with Gasteiger partial charge in [-0.05, 0) is 43.7 Å². The quantitative estimate of drug-likeness (QED) is 0.655. The van der Waals surface area contributed by atoms with Gasteiger partial charge in [0.25, 0.3) is 15.9 Å². The van der Waals surface area contributed by atoms with Crippen LogP contribution in [0, 0.1) is 13.8 Å². The maximum absolute atomic E-state index is 12.9. The normalized spacial score (nSPS) is 11.1. The maximum Gasteiger partial charge on any atom is 0.277 e. The molecule has 3 rings (SSSR count). The van der Waals surface area contributed by atoms with Gasteiger partial charge in [0.15, 0.2) is 5.69 Å². The van der Waals surface area contributed by atoms with E-state index in [2.05, 4.69) is 15.2 Å². The van der Waals surface area contributed by atoms with Crippen LogP contribution in [-0.4, -0.2) is 26.6 Å². The summed E-state index contributed by atoms with van der Waals surface area (Å²) in [4.78, 5) is 12.3. The van der Waals surface area contributed by atoms with Gasteiger partial charge in [0.05, 0.1) is 17.7 Å². The molecule has 1 aromatic heterocycles. The van der Waals surface area contributed by atoms with E-state index < -0.39 is 15.9 Å². The van der Waals surface area contributed by atoms with E-state index in [4.69, 9.17) is 9.26 Å². The molecule has 28 heavy (non-hydrogen) atoms. The Kier molecular flexibility index (Phi) is 5.36. The minimum atomic E-state index is -3.91. The number of carbonyl (C=O) groups excluding carboxylic acids is 1. The summed E-state index contributed by atoms with van der Waals surface area (Å²) in [6, 6.07) is 12.8. The first-order valence-electron chi connectivity index (χ1n) is 8.31. The Hall–Kier alpha value is -3.33. The lowest BCUT2D eigenvalue weighted by molar-refractivity contribution is 0.101. The molecule has 8 nitrogen and oxygen atoms in total. The van der Waals surface area contributed by atoms with Crippen LogP contribution >= 0.6 is 0 Å². The van der Waals surface area contributed by atoms with Crippen LogP contribution in [0.5, 0.6) is 5.75 Å². The van der Waals surface area contributed by atoms with Gasteiger partial charge in [-0.2, -0.15) is 0 Å². The van der Waals surface area contributed by atoms with Gasteiger partial charge in [-0.1, -0.05) is 23.4 Å². The predicted octanol–water partition coefficient (Wildman–Crippen LogP) is 3.35. The van der Waals surface area contributed by atoms with Crippen LogP contribution in [0.3, 0.4) is 0 Å². The van der Waals surface area contributed by atoms with Crippen LogP contribution in [0.4, 0.5) is 11.4 Å². The lowest BCUT2D eigenvalue weighted by Crippen LogP contribution is -2.16. The van der Waals surface area contributed by atoms with Gasteiger partial charge in [-0.25, -0.2) is 8.42 Å². The molecule has 0 saturated carbocycles. The van der Waals surface area contributed by atoms with Gasteiger partial charge in [-0.15, -0.1) is 0 Å². The van der Waals surface area contributed by atoms with Crippen LogP contribution in [0.15, 0.2) is 57.9 Å². The first-order chi connectivity index (χ1) is 13.3. The summed E-state index contributed by atoms with van der Waals surface area (Å²) in [7, 11) is -2.45. The zero-order valence-electron chi connectivity index (χ0n) is 15.5. The molecule has 2 N–H and O–H groups in total. The Morgan fingerprint density at radius 2 is 1.86 bits per heavy atom. The Morgan fingerprint density at radius 3 is 2.54 bits per heavy atom. The minimum absolute atomic E-state index is 0.0348. The lowest BCUT2D eigenvalue weighted by Gasteiger charge is -2.14. The van der Waals surface area contributed by atoms with E-state index in [1.807, 2.05) is 0 Å². The average molecular weight is 401 g/mol. The average Bonchev–Trinajstić information content (AvgIpc) is 3.10. The fourth-order valence-electron chi connectivity index (χ4n) is 2.56. The van der Waals surface area contributed by atoms with Crippen molar-refractivity contribution in [2.24, 2.45) is 0 Å². The van der Waals surface area contributed by atoms with Crippen molar-refractivity contribution in [1.29, 1.82) is 0 Å². The van der Waals surface area contributed by atoms with E-state index in [0.717, 1.165) is 0 Å². The van der Waals surface area contributed by atoms with Gasteiger partial charge < -0.3 is 14.6 Å². The third-order valence-electron chi connectivity index (χ3n) is 3.95. The zero-order valence-corrected chi connectivity index (χ0v) is 16.3. The summed E-state index contributed by atoms with van der Waals surface area (Å²) in [6.45, 7) is 3.34. The SMILES string of the molecule is COc1ccccc1NS(=O)(=O)c1cc(NC(=O)c2cc(C)on2)ccc1C. The number of nitrogens with zero attached hydrogens (tertiary/aromatic N) is 1. The van der Waals surface area contributed by atoms with Gasteiger partial charge in [-0.3, -0.25) is 9.52 Å². The van der Waals surface area contributed by atoms with E-state index in [1.54, 1.807) is 50.2 Å².